The van der Waals surface area contributed by atoms with E-state index in [1.54, 1.807) is 0 Å². The maximum atomic E-state index is 12.3. The molecule has 0 aromatic rings. The lowest BCUT2D eigenvalue weighted by atomic mass is 9.45. The van der Waals surface area contributed by atoms with Crippen LogP contribution in [-0.4, -0.2) is 24.3 Å². The molecule has 4 atom stereocenters. The molecule has 3 nitrogen and oxygen atoms in total. The van der Waals surface area contributed by atoms with Crippen LogP contribution in [0.15, 0.2) is 0 Å². The Morgan fingerprint density at radius 3 is 2.82 bits per heavy atom. The van der Waals surface area contributed by atoms with E-state index in [4.69, 9.17) is 10.8 Å². The predicted molar refractivity (Wildman–Crippen MR) is 63.3 cm³/mol. The number of aliphatic carboxylic acids is 1. The minimum atomic E-state index is -0.758. The minimum Gasteiger partial charge on any atom is -0.481 e. The van der Waals surface area contributed by atoms with E-state index < -0.39 is 5.97 Å². The highest BCUT2D eigenvalue weighted by molar-refractivity contribution is 5.68. The molecule has 0 saturated heterocycles. The third-order valence-electron chi connectivity index (χ3n) is 5.07. The average Bonchev–Trinajstić information content (AvgIpc) is 2.72. The van der Waals surface area contributed by atoms with E-state index in [9.17, 15) is 9.18 Å². The fraction of sp³-hybridized carbons (Fsp3) is 0.923. The van der Waals surface area contributed by atoms with Gasteiger partial charge in [-0.05, 0) is 55.4 Å². The van der Waals surface area contributed by atoms with Gasteiger partial charge in [-0.1, -0.05) is 6.42 Å². The highest BCUT2D eigenvalue weighted by atomic mass is 19.1. The second-order valence-electron chi connectivity index (χ2n) is 5.65. The number of nitrogens with two attached hydrogens (primary N) is 1. The quantitative estimate of drug-likeness (QED) is 0.751. The monoisotopic (exact) mass is 243 g/mol. The fourth-order valence-electron chi connectivity index (χ4n) is 4.48. The second kappa shape index (κ2) is 4.92. The van der Waals surface area contributed by atoms with Crippen molar-refractivity contribution in [3.05, 3.63) is 0 Å². The summed E-state index contributed by atoms with van der Waals surface area (Å²) in [5, 5.41) is 9.08. The smallest absolute Gasteiger partial charge is 0.303 e. The van der Waals surface area contributed by atoms with E-state index in [0.29, 0.717) is 30.7 Å². The summed E-state index contributed by atoms with van der Waals surface area (Å²) in [6.07, 6.45) is 5.01. The molecule has 98 valence electrons. The third kappa shape index (κ3) is 1.96. The first-order valence-electron chi connectivity index (χ1n) is 6.63. The van der Waals surface area contributed by atoms with Crippen LogP contribution in [-0.2, 0) is 4.79 Å². The molecule has 0 aliphatic heterocycles. The normalized spacial score (nSPS) is 39.8. The van der Waals surface area contributed by atoms with Gasteiger partial charge in [-0.2, -0.15) is 0 Å². The Balaban J connectivity index is 2.12. The summed E-state index contributed by atoms with van der Waals surface area (Å²) in [6, 6.07) is 0. The van der Waals surface area contributed by atoms with Gasteiger partial charge in [0.25, 0.3) is 0 Å². The zero-order chi connectivity index (χ0) is 12.5. The SMILES string of the molecule is NCC1(CC(=O)O)C(CCCF)C2CCCC21. The van der Waals surface area contributed by atoms with Crippen molar-refractivity contribution in [1.82, 2.24) is 0 Å². The van der Waals surface area contributed by atoms with Crippen molar-refractivity contribution in [2.24, 2.45) is 28.9 Å². The standard InChI is InChI=1S/C13H22FNO2/c14-6-2-5-11-9-3-1-4-10(9)13(11,8-15)7-12(16)17/h9-11H,1-8,15H2,(H,16,17). The summed E-state index contributed by atoms with van der Waals surface area (Å²) in [4.78, 5) is 11.0. The maximum Gasteiger partial charge on any atom is 0.303 e. The number of halogens is 1. The molecule has 2 aliphatic rings. The van der Waals surface area contributed by atoms with E-state index >= 15 is 0 Å². The number of rotatable bonds is 6. The van der Waals surface area contributed by atoms with Gasteiger partial charge in [-0.25, -0.2) is 0 Å². The molecule has 0 spiro atoms. The number of carboxylic acid groups (broad SMARTS) is 1. The topological polar surface area (TPSA) is 63.3 Å². The number of hydrogen-bond donors (Lipinski definition) is 2. The van der Waals surface area contributed by atoms with Crippen LogP contribution in [0.25, 0.3) is 0 Å². The van der Waals surface area contributed by atoms with E-state index in [2.05, 4.69) is 0 Å². The first-order valence-corrected chi connectivity index (χ1v) is 6.63. The zero-order valence-electron chi connectivity index (χ0n) is 10.2. The number of hydrogen-bond acceptors (Lipinski definition) is 2. The lowest BCUT2D eigenvalue weighted by molar-refractivity contribution is -0.156. The van der Waals surface area contributed by atoms with E-state index in [1.165, 1.54) is 12.8 Å². The number of carbonyl (C=O) groups is 1. The van der Waals surface area contributed by atoms with Crippen molar-refractivity contribution >= 4 is 5.97 Å². The maximum absolute atomic E-state index is 12.3. The summed E-state index contributed by atoms with van der Waals surface area (Å²) in [6.45, 7) is 0.138. The first-order chi connectivity index (χ1) is 8.15. The van der Waals surface area contributed by atoms with Crippen LogP contribution in [0.2, 0.25) is 0 Å². The van der Waals surface area contributed by atoms with Gasteiger partial charge in [-0.3, -0.25) is 9.18 Å². The van der Waals surface area contributed by atoms with Gasteiger partial charge in [0.1, 0.15) is 0 Å². The average molecular weight is 243 g/mol. The van der Waals surface area contributed by atoms with Crippen LogP contribution in [0.1, 0.15) is 38.5 Å². The molecule has 0 radical (unpaired) electrons. The molecule has 4 heteroatoms. The van der Waals surface area contributed by atoms with Crippen LogP contribution in [0.5, 0.6) is 0 Å². The van der Waals surface area contributed by atoms with Gasteiger partial charge in [-0.15, -0.1) is 0 Å². The molecule has 17 heavy (non-hydrogen) atoms. The van der Waals surface area contributed by atoms with Gasteiger partial charge in [0.2, 0.25) is 0 Å². The van der Waals surface area contributed by atoms with Crippen LogP contribution in [0, 0.1) is 23.2 Å². The summed E-state index contributed by atoms with van der Waals surface area (Å²) in [5.74, 6) is 0.676. The molecular weight excluding hydrogens is 221 g/mol. The Kier molecular flexibility index (Phi) is 3.71. The van der Waals surface area contributed by atoms with Crippen LogP contribution in [0.4, 0.5) is 4.39 Å². The summed E-state index contributed by atoms with van der Waals surface area (Å²) < 4.78 is 12.3. The van der Waals surface area contributed by atoms with Crippen molar-refractivity contribution in [3.63, 3.8) is 0 Å². The van der Waals surface area contributed by atoms with Crippen molar-refractivity contribution < 1.29 is 14.3 Å². The van der Waals surface area contributed by atoms with Gasteiger partial charge in [0.05, 0.1) is 13.1 Å². The summed E-state index contributed by atoms with van der Waals surface area (Å²) in [5.41, 5.74) is 5.64. The van der Waals surface area contributed by atoms with Gasteiger partial charge in [0, 0.05) is 0 Å². The molecule has 2 aliphatic carbocycles. The van der Waals surface area contributed by atoms with E-state index in [1.807, 2.05) is 0 Å². The predicted octanol–water partition coefficient (Wildman–Crippen LogP) is 2.20. The zero-order valence-corrected chi connectivity index (χ0v) is 10.2. The van der Waals surface area contributed by atoms with Crippen LogP contribution >= 0.6 is 0 Å². The van der Waals surface area contributed by atoms with Crippen molar-refractivity contribution in [2.45, 2.75) is 38.5 Å². The molecule has 2 saturated carbocycles. The highest BCUT2D eigenvalue weighted by Crippen LogP contribution is 2.65. The van der Waals surface area contributed by atoms with Gasteiger partial charge >= 0.3 is 5.97 Å². The Hall–Kier alpha value is -0.640. The number of fused-ring (bicyclic) bond motifs is 1. The highest BCUT2D eigenvalue weighted by Gasteiger charge is 2.61. The van der Waals surface area contributed by atoms with Crippen molar-refractivity contribution in [3.8, 4) is 0 Å². The lowest BCUT2D eigenvalue weighted by Crippen LogP contribution is -2.59. The molecular formula is C13H22FNO2. The second-order valence-corrected chi connectivity index (χ2v) is 5.65. The fourth-order valence-corrected chi connectivity index (χ4v) is 4.48. The van der Waals surface area contributed by atoms with Crippen molar-refractivity contribution in [1.29, 1.82) is 0 Å². The van der Waals surface area contributed by atoms with E-state index in [-0.39, 0.29) is 18.5 Å². The molecule has 2 fully saturated rings. The number of carboxylic acids is 1. The van der Waals surface area contributed by atoms with Gasteiger partial charge in [0.15, 0.2) is 0 Å². The lowest BCUT2D eigenvalue weighted by Gasteiger charge is -2.59. The minimum absolute atomic E-state index is 0.168. The Morgan fingerprint density at radius 2 is 2.24 bits per heavy atom. The summed E-state index contributed by atoms with van der Waals surface area (Å²) >= 11 is 0. The summed E-state index contributed by atoms with van der Waals surface area (Å²) in [7, 11) is 0. The van der Waals surface area contributed by atoms with Crippen LogP contribution < -0.4 is 5.73 Å². The molecule has 0 aromatic carbocycles. The largest absolute Gasteiger partial charge is 0.481 e. The van der Waals surface area contributed by atoms with Crippen LogP contribution in [0.3, 0.4) is 0 Å². The van der Waals surface area contributed by atoms with Gasteiger partial charge < -0.3 is 10.8 Å². The molecule has 0 heterocycles. The molecule has 0 amide bonds. The number of alkyl halides is 1. The molecule has 3 N–H and O–H groups in total. The Bertz CT molecular complexity index is 297. The van der Waals surface area contributed by atoms with E-state index in [0.717, 1.165) is 12.8 Å². The third-order valence-corrected chi connectivity index (χ3v) is 5.07. The molecule has 2 rings (SSSR count). The molecule has 4 unspecified atom stereocenters. The Labute approximate surface area is 102 Å². The van der Waals surface area contributed by atoms with Crippen molar-refractivity contribution in [2.75, 3.05) is 13.2 Å². The first kappa shape index (κ1) is 12.8. The molecule has 0 aromatic heterocycles. The Morgan fingerprint density at radius 1 is 1.47 bits per heavy atom. The molecule has 0 bridgehead atoms.